The standard InChI is InChI=1S/C21H15BClNO2/c23-17-9-4-8-16(14-17)22(18-10-1-2-11-19(18)25)26-20-12-3-6-15-7-5-13-24-21(15)20/h1-14,25H. The number of hydrogen-bond acceptors (Lipinski definition) is 3. The number of aromatic hydroxyl groups is 1. The van der Waals surface area contributed by atoms with E-state index >= 15 is 0 Å². The third-order valence-electron chi connectivity index (χ3n) is 4.21. The van der Waals surface area contributed by atoms with E-state index in [2.05, 4.69) is 4.98 Å². The Morgan fingerprint density at radius 2 is 1.69 bits per heavy atom. The summed E-state index contributed by atoms with van der Waals surface area (Å²) in [6, 6.07) is 24.3. The SMILES string of the molecule is Oc1ccccc1B(Oc1cccc2cccnc12)c1cccc(Cl)c1. The highest BCUT2D eigenvalue weighted by molar-refractivity contribution is 6.81. The minimum absolute atomic E-state index is 0.172. The predicted octanol–water partition coefficient (Wildman–Crippen LogP) is 3.78. The van der Waals surface area contributed by atoms with Crippen molar-refractivity contribution in [1.82, 2.24) is 4.98 Å². The molecule has 3 nitrogen and oxygen atoms in total. The molecule has 3 aromatic carbocycles. The van der Waals surface area contributed by atoms with Gasteiger partial charge in [-0.05, 0) is 35.8 Å². The van der Waals surface area contributed by atoms with Crippen molar-refractivity contribution >= 4 is 40.3 Å². The Morgan fingerprint density at radius 3 is 2.54 bits per heavy atom. The van der Waals surface area contributed by atoms with E-state index in [1.807, 2.05) is 66.7 Å². The van der Waals surface area contributed by atoms with Crippen molar-refractivity contribution in [3.63, 3.8) is 0 Å². The summed E-state index contributed by atoms with van der Waals surface area (Å²) in [4.78, 5) is 4.45. The average molecular weight is 360 g/mol. The van der Waals surface area contributed by atoms with E-state index in [0.29, 0.717) is 16.2 Å². The summed E-state index contributed by atoms with van der Waals surface area (Å²) in [7, 11) is 0. The van der Waals surface area contributed by atoms with Crippen LogP contribution in [0.5, 0.6) is 11.5 Å². The highest BCUT2D eigenvalue weighted by Gasteiger charge is 2.27. The molecule has 0 atom stereocenters. The molecule has 1 N–H and O–H groups in total. The van der Waals surface area contributed by atoms with Gasteiger partial charge < -0.3 is 9.76 Å². The lowest BCUT2D eigenvalue weighted by molar-refractivity contribution is 0.477. The molecule has 0 aliphatic rings. The number of phenols is 1. The predicted molar refractivity (Wildman–Crippen MR) is 107 cm³/mol. The lowest BCUT2D eigenvalue weighted by Gasteiger charge is -2.18. The van der Waals surface area contributed by atoms with Crippen molar-refractivity contribution in [2.75, 3.05) is 0 Å². The Hall–Kier alpha value is -2.98. The van der Waals surface area contributed by atoms with Gasteiger partial charge in [0.2, 0.25) is 0 Å². The van der Waals surface area contributed by atoms with Crippen molar-refractivity contribution in [1.29, 1.82) is 0 Å². The Kier molecular flexibility index (Phi) is 4.50. The fourth-order valence-electron chi connectivity index (χ4n) is 2.99. The molecule has 0 radical (unpaired) electrons. The summed E-state index contributed by atoms with van der Waals surface area (Å²) in [6.45, 7) is -0.512. The van der Waals surface area contributed by atoms with E-state index in [1.54, 1.807) is 18.3 Å². The molecule has 0 saturated carbocycles. The van der Waals surface area contributed by atoms with Crippen LogP contribution in [0.15, 0.2) is 85.1 Å². The molecule has 0 aliphatic carbocycles. The maximum absolute atomic E-state index is 10.4. The summed E-state index contributed by atoms with van der Waals surface area (Å²) in [5.74, 6) is 0.821. The Bertz CT molecular complexity index is 1060. The van der Waals surface area contributed by atoms with Crippen LogP contribution in [0.2, 0.25) is 5.02 Å². The fraction of sp³-hybridized carbons (Fsp3) is 0. The quantitative estimate of drug-likeness (QED) is 0.564. The largest absolute Gasteiger partial charge is 0.550 e. The first-order chi connectivity index (χ1) is 12.7. The van der Waals surface area contributed by atoms with E-state index in [4.69, 9.17) is 16.3 Å². The summed E-state index contributed by atoms with van der Waals surface area (Å²) in [6.07, 6.45) is 1.74. The van der Waals surface area contributed by atoms with Gasteiger partial charge in [-0.1, -0.05) is 60.1 Å². The number of halogens is 1. The highest BCUT2D eigenvalue weighted by atomic mass is 35.5. The lowest BCUT2D eigenvalue weighted by atomic mass is 9.55. The molecular weight excluding hydrogens is 345 g/mol. The number of pyridine rings is 1. The summed E-state index contributed by atoms with van der Waals surface area (Å²) >= 11 is 6.18. The molecule has 0 amide bonds. The van der Waals surface area contributed by atoms with Crippen LogP contribution in [0, 0.1) is 0 Å². The average Bonchev–Trinajstić information content (AvgIpc) is 2.67. The number of nitrogens with zero attached hydrogens (tertiary/aromatic N) is 1. The first-order valence-corrected chi connectivity index (χ1v) is 8.64. The molecule has 1 aromatic heterocycles. The topological polar surface area (TPSA) is 42.4 Å². The molecule has 0 fully saturated rings. The molecule has 26 heavy (non-hydrogen) atoms. The van der Waals surface area contributed by atoms with Gasteiger partial charge in [0.15, 0.2) is 0 Å². The monoisotopic (exact) mass is 359 g/mol. The number of benzene rings is 3. The fourth-order valence-corrected chi connectivity index (χ4v) is 3.19. The van der Waals surface area contributed by atoms with Gasteiger partial charge in [0.1, 0.15) is 17.0 Å². The molecule has 126 valence electrons. The maximum Gasteiger partial charge on any atom is 0.430 e. The van der Waals surface area contributed by atoms with E-state index < -0.39 is 6.92 Å². The number of rotatable bonds is 4. The summed E-state index contributed by atoms with van der Waals surface area (Å²) in [5, 5.41) is 12.0. The molecule has 1 heterocycles. The number of aromatic nitrogens is 1. The van der Waals surface area contributed by atoms with Crippen molar-refractivity contribution in [3.8, 4) is 11.5 Å². The second-order valence-corrected chi connectivity index (χ2v) is 6.38. The second kappa shape index (κ2) is 7.10. The van der Waals surface area contributed by atoms with Gasteiger partial charge in [-0.25, -0.2) is 0 Å². The Labute approximate surface area is 157 Å². The van der Waals surface area contributed by atoms with Gasteiger partial charge >= 0.3 is 6.92 Å². The third kappa shape index (κ3) is 3.24. The zero-order valence-corrected chi connectivity index (χ0v) is 14.6. The van der Waals surface area contributed by atoms with Crippen LogP contribution >= 0.6 is 11.6 Å². The molecule has 0 spiro atoms. The van der Waals surface area contributed by atoms with Gasteiger partial charge in [-0.2, -0.15) is 0 Å². The van der Waals surface area contributed by atoms with E-state index in [0.717, 1.165) is 16.4 Å². The number of para-hydroxylation sites is 2. The molecule has 5 heteroatoms. The van der Waals surface area contributed by atoms with Crippen LogP contribution in [0.4, 0.5) is 0 Å². The molecule has 4 aromatic rings. The minimum Gasteiger partial charge on any atom is -0.550 e. The molecular formula is C21H15BClNO2. The smallest absolute Gasteiger partial charge is 0.430 e. The summed E-state index contributed by atoms with van der Waals surface area (Å²) < 4.78 is 6.35. The zero-order valence-electron chi connectivity index (χ0n) is 13.8. The number of phenolic OH excluding ortho intramolecular Hbond substituents is 1. The van der Waals surface area contributed by atoms with Crippen LogP contribution in [-0.4, -0.2) is 17.0 Å². The van der Waals surface area contributed by atoms with Crippen LogP contribution in [0.3, 0.4) is 0 Å². The van der Waals surface area contributed by atoms with Crippen LogP contribution in [0.1, 0.15) is 0 Å². The van der Waals surface area contributed by atoms with Gasteiger partial charge in [-0.3, -0.25) is 4.98 Å². The van der Waals surface area contributed by atoms with Gasteiger partial charge in [-0.15, -0.1) is 0 Å². The van der Waals surface area contributed by atoms with Crippen molar-refractivity contribution in [2.45, 2.75) is 0 Å². The molecule has 0 unspecified atom stereocenters. The van der Waals surface area contributed by atoms with Crippen molar-refractivity contribution < 1.29 is 9.76 Å². The third-order valence-corrected chi connectivity index (χ3v) is 4.45. The number of fused-ring (bicyclic) bond motifs is 1. The van der Waals surface area contributed by atoms with Crippen LogP contribution < -0.4 is 15.6 Å². The van der Waals surface area contributed by atoms with Crippen LogP contribution in [-0.2, 0) is 0 Å². The summed E-state index contributed by atoms with van der Waals surface area (Å²) in [5.41, 5.74) is 2.30. The Morgan fingerprint density at radius 1 is 0.885 bits per heavy atom. The maximum atomic E-state index is 10.4. The van der Waals surface area contributed by atoms with Gasteiger partial charge in [0.05, 0.1) is 0 Å². The molecule has 4 rings (SSSR count). The van der Waals surface area contributed by atoms with E-state index in [-0.39, 0.29) is 5.75 Å². The van der Waals surface area contributed by atoms with E-state index in [9.17, 15) is 5.11 Å². The van der Waals surface area contributed by atoms with Crippen molar-refractivity contribution in [3.05, 3.63) is 90.1 Å². The van der Waals surface area contributed by atoms with Gasteiger partial charge in [0, 0.05) is 22.1 Å². The van der Waals surface area contributed by atoms with Crippen LogP contribution in [0.25, 0.3) is 10.9 Å². The lowest BCUT2D eigenvalue weighted by Crippen LogP contribution is -2.47. The normalized spacial score (nSPS) is 10.7. The zero-order chi connectivity index (χ0) is 17.9. The first-order valence-electron chi connectivity index (χ1n) is 8.26. The first kappa shape index (κ1) is 16.5. The highest BCUT2D eigenvalue weighted by Crippen LogP contribution is 2.24. The molecule has 0 saturated heterocycles. The van der Waals surface area contributed by atoms with Gasteiger partial charge in [0.25, 0.3) is 0 Å². The number of hydrogen-bond donors (Lipinski definition) is 1. The Balaban J connectivity index is 1.84. The van der Waals surface area contributed by atoms with Crippen molar-refractivity contribution in [2.24, 2.45) is 0 Å². The molecule has 0 bridgehead atoms. The minimum atomic E-state index is -0.512. The molecule has 0 aliphatic heterocycles. The van der Waals surface area contributed by atoms with E-state index in [1.165, 1.54) is 0 Å². The second-order valence-electron chi connectivity index (χ2n) is 5.94.